The maximum absolute atomic E-state index is 5.19. The van der Waals surface area contributed by atoms with Gasteiger partial charge in [0, 0.05) is 11.1 Å². The zero-order valence-electron chi connectivity index (χ0n) is 32.7. The number of nitrogens with zero attached hydrogens (tertiary/aromatic N) is 3. The van der Waals surface area contributed by atoms with Crippen LogP contribution in [0.2, 0.25) is 0 Å². The quantitative estimate of drug-likeness (QED) is 0.0799. The van der Waals surface area contributed by atoms with Gasteiger partial charge in [0.2, 0.25) is 0 Å². The minimum absolute atomic E-state index is 0.479. The van der Waals surface area contributed by atoms with Crippen LogP contribution < -0.4 is 0 Å². The molecule has 280 valence electrons. The van der Waals surface area contributed by atoms with E-state index >= 15 is 0 Å². The highest BCUT2D eigenvalue weighted by atomic mass is 15.0. The Hall–Kier alpha value is -7.75. The van der Waals surface area contributed by atoms with Crippen LogP contribution in [0.15, 0.2) is 216 Å². The van der Waals surface area contributed by atoms with E-state index in [1.807, 2.05) is 60.7 Å². The number of hydrogen-bond acceptors (Lipinski definition) is 1. The molecule has 0 aliphatic carbocycles. The summed E-state index contributed by atoms with van der Waals surface area (Å²) in [6.45, 7) is 13.0. The van der Waals surface area contributed by atoms with Gasteiger partial charge in [0.25, 0.3) is 0 Å². The molecule has 0 spiro atoms. The predicted molar refractivity (Wildman–Crippen MR) is 255 cm³/mol. The minimum Gasteiger partial charge on any atom is -0.261 e. The van der Waals surface area contributed by atoms with Crippen molar-refractivity contribution in [2.45, 2.75) is 6.54 Å². The van der Waals surface area contributed by atoms with Crippen LogP contribution in [0.3, 0.4) is 0 Å². The van der Waals surface area contributed by atoms with Crippen LogP contribution >= 0.6 is 0 Å². The van der Waals surface area contributed by atoms with Crippen molar-refractivity contribution in [3.05, 3.63) is 229 Å². The highest BCUT2D eigenvalue weighted by molar-refractivity contribution is 6.20. The van der Waals surface area contributed by atoms with Crippen LogP contribution in [0, 0.1) is 0 Å². The van der Waals surface area contributed by atoms with Crippen molar-refractivity contribution in [3.63, 3.8) is 0 Å². The van der Waals surface area contributed by atoms with Gasteiger partial charge in [0.05, 0.1) is 6.54 Å². The molecule has 0 heterocycles. The minimum atomic E-state index is 0.479. The van der Waals surface area contributed by atoms with Crippen LogP contribution in [-0.4, -0.2) is 18.4 Å². The van der Waals surface area contributed by atoms with E-state index in [0.29, 0.717) is 18.2 Å². The number of rotatable bonds is 9. The molecule has 0 aromatic heterocycles. The van der Waals surface area contributed by atoms with Crippen molar-refractivity contribution in [2.24, 2.45) is 15.0 Å². The van der Waals surface area contributed by atoms with Crippen LogP contribution in [0.5, 0.6) is 0 Å². The summed E-state index contributed by atoms with van der Waals surface area (Å²) in [7, 11) is 0. The third-order valence-corrected chi connectivity index (χ3v) is 11.0. The molecule has 0 aliphatic heterocycles. The summed E-state index contributed by atoms with van der Waals surface area (Å²) in [5.41, 5.74) is 11.5. The highest BCUT2D eigenvalue weighted by Crippen LogP contribution is 2.41. The van der Waals surface area contributed by atoms with Crippen molar-refractivity contribution in [1.82, 2.24) is 0 Å². The lowest BCUT2D eigenvalue weighted by atomic mass is 9.86. The zero-order valence-corrected chi connectivity index (χ0v) is 32.7. The van der Waals surface area contributed by atoms with E-state index in [2.05, 4.69) is 164 Å². The Morgan fingerprint density at radius 3 is 1.80 bits per heavy atom. The summed E-state index contributed by atoms with van der Waals surface area (Å²) in [4.78, 5) is 14.8. The van der Waals surface area contributed by atoms with Crippen molar-refractivity contribution < 1.29 is 0 Å². The SMILES string of the molecule is C=Cc1c(C=C)c2cccc(-c3cc(C(N=C)=NC(=NCc4ccccc4)c4ccccc4)cc(-c4cccc(-c5ccc6ccccc6c5)c4)c3)c2c2ccccc12. The summed E-state index contributed by atoms with van der Waals surface area (Å²) in [5.74, 6) is 1.08. The second-order valence-corrected chi connectivity index (χ2v) is 14.5. The second-order valence-electron chi connectivity index (χ2n) is 14.5. The molecule has 0 atom stereocenters. The van der Waals surface area contributed by atoms with Crippen molar-refractivity contribution in [3.8, 4) is 33.4 Å². The number of fused-ring (bicyclic) bond motifs is 4. The fourth-order valence-electron chi connectivity index (χ4n) is 8.12. The van der Waals surface area contributed by atoms with Gasteiger partial charge in [-0.15, -0.1) is 0 Å². The van der Waals surface area contributed by atoms with E-state index < -0.39 is 0 Å². The second kappa shape index (κ2) is 16.4. The molecule has 0 bridgehead atoms. The summed E-state index contributed by atoms with van der Waals surface area (Å²) < 4.78 is 0. The molecule has 9 rings (SSSR count). The van der Waals surface area contributed by atoms with Gasteiger partial charge < -0.3 is 0 Å². The van der Waals surface area contributed by atoms with Gasteiger partial charge >= 0.3 is 0 Å². The van der Waals surface area contributed by atoms with E-state index in [1.54, 1.807) is 0 Å². The van der Waals surface area contributed by atoms with E-state index in [4.69, 9.17) is 9.98 Å². The zero-order chi connectivity index (χ0) is 40.1. The average molecular weight is 756 g/mol. The van der Waals surface area contributed by atoms with Gasteiger partial charge in [-0.05, 0) is 119 Å². The third-order valence-electron chi connectivity index (χ3n) is 11.0. The number of aliphatic imine (C=N–C) groups is 3. The van der Waals surface area contributed by atoms with Gasteiger partial charge in [-0.2, -0.15) is 0 Å². The molecule has 0 fully saturated rings. The fraction of sp³-hybridized carbons (Fsp3) is 0.0179. The van der Waals surface area contributed by atoms with Crippen LogP contribution in [-0.2, 0) is 6.54 Å². The number of hydrogen-bond donors (Lipinski definition) is 0. The topological polar surface area (TPSA) is 37.1 Å². The van der Waals surface area contributed by atoms with Crippen molar-refractivity contribution >= 4 is 62.9 Å². The van der Waals surface area contributed by atoms with E-state index in [-0.39, 0.29) is 0 Å². The summed E-state index contributed by atoms with van der Waals surface area (Å²) in [6.07, 6.45) is 3.89. The molecular formula is C56H41N3. The lowest BCUT2D eigenvalue weighted by Gasteiger charge is -2.18. The first-order valence-corrected chi connectivity index (χ1v) is 19.8. The van der Waals surface area contributed by atoms with Gasteiger partial charge in [-0.25, -0.2) is 9.98 Å². The largest absolute Gasteiger partial charge is 0.261 e. The fourth-order valence-corrected chi connectivity index (χ4v) is 8.12. The molecule has 0 amide bonds. The van der Waals surface area contributed by atoms with Gasteiger partial charge in [0.1, 0.15) is 0 Å². The molecule has 9 aromatic carbocycles. The van der Waals surface area contributed by atoms with E-state index in [9.17, 15) is 0 Å². The molecule has 0 radical (unpaired) electrons. The Morgan fingerprint density at radius 2 is 1.03 bits per heavy atom. The molecule has 0 saturated carbocycles. The summed E-state index contributed by atoms with van der Waals surface area (Å²) in [5, 5.41) is 6.98. The highest BCUT2D eigenvalue weighted by Gasteiger charge is 2.17. The molecule has 0 N–H and O–H groups in total. The molecule has 0 saturated heterocycles. The molecule has 59 heavy (non-hydrogen) atoms. The molecule has 3 heteroatoms. The first-order valence-electron chi connectivity index (χ1n) is 19.8. The Morgan fingerprint density at radius 1 is 0.441 bits per heavy atom. The molecule has 3 nitrogen and oxygen atoms in total. The van der Waals surface area contributed by atoms with Crippen molar-refractivity contribution in [1.29, 1.82) is 0 Å². The molecule has 0 aliphatic rings. The number of benzene rings is 9. The Kier molecular flexibility index (Phi) is 10.2. The lowest BCUT2D eigenvalue weighted by Crippen LogP contribution is -2.06. The van der Waals surface area contributed by atoms with E-state index in [0.717, 1.165) is 82.7 Å². The first kappa shape index (κ1) is 36.9. The normalized spacial score (nSPS) is 11.9. The van der Waals surface area contributed by atoms with Gasteiger partial charge in [-0.3, -0.25) is 4.99 Å². The lowest BCUT2D eigenvalue weighted by molar-refractivity contribution is 1.06. The van der Waals surface area contributed by atoms with Crippen LogP contribution in [0.4, 0.5) is 0 Å². The maximum atomic E-state index is 5.19. The summed E-state index contributed by atoms with van der Waals surface area (Å²) >= 11 is 0. The standard InChI is InChI=1S/C56H41N3/c1-4-48-49(5-2)52-29-17-28-50(54(52)53-27-15-14-26-51(48)53)46-34-45(43-25-16-24-42(33-43)44-31-30-39-20-12-13-23-41(39)32-44)35-47(36-46)55(57-3)59-56(40-21-10-7-11-22-40)58-37-38-18-8-6-9-19-38/h4-36H,1-3,37H2. The predicted octanol–water partition coefficient (Wildman–Crippen LogP) is 14.5. The van der Waals surface area contributed by atoms with Crippen LogP contribution in [0.1, 0.15) is 27.8 Å². The first-order chi connectivity index (χ1) is 29.1. The molecular weight excluding hydrogens is 715 g/mol. The average Bonchev–Trinajstić information content (AvgIpc) is 3.31. The molecule has 0 unspecified atom stereocenters. The van der Waals surface area contributed by atoms with Gasteiger partial charge in [-0.1, -0.05) is 183 Å². The monoisotopic (exact) mass is 755 g/mol. The smallest absolute Gasteiger partial charge is 0.161 e. The van der Waals surface area contributed by atoms with Crippen LogP contribution in [0.25, 0.3) is 77.9 Å². The van der Waals surface area contributed by atoms with Gasteiger partial charge in [0.15, 0.2) is 11.7 Å². The summed E-state index contributed by atoms with van der Waals surface area (Å²) in [6, 6.07) is 65.9. The Balaban J connectivity index is 1.28. The molecule has 9 aromatic rings. The van der Waals surface area contributed by atoms with Crippen molar-refractivity contribution in [2.75, 3.05) is 0 Å². The third kappa shape index (κ3) is 7.34. The number of amidine groups is 2. The Bertz CT molecular complexity index is 3120. The maximum Gasteiger partial charge on any atom is 0.161 e. The van der Waals surface area contributed by atoms with E-state index in [1.165, 1.54) is 10.8 Å². The Labute approximate surface area is 345 Å².